The summed E-state index contributed by atoms with van der Waals surface area (Å²) in [6.07, 6.45) is 3.73. The zero-order chi connectivity index (χ0) is 17.1. The van der Waals surface area contributed by atoms with Crippen LogP contribution in [0.4, 0.5) is 4.79 Å². The van der Waals surface area contributed by atoms with Gasteiger partial charge in [0.25, 0.3) is 0 Å². The molecule has 1 aliphatic rings. The van der Waals surface area contributed by atoms with Gasteiger partial charge in [0.05, 0.1) is 6.54 Å². The van der Waals surface area contributed by atoms with E-state index in [9.17, 15) is 4.79 Å². The molecule has 0 atom stereocenters. The summed E-state index contributed by atoms with van der Waals surface area (Å²) in [5.41, 5.74) is 2.48. The van der Waals surface area contributed by atoms with Crippen LogP contribution >= 0.6 is 11.3 Å². The number of H-pyrrole nitrogens is 1. The summed E-state index contributed by atoms with van der Waals surface area (Å²) in [5, 5.41) is 7.05. The Morgan fingerprint density at radius 1 is 1.24 bits per heavy atom. The smallest absolute Gasteiger partial charge is 0.317 e. The highest BCUT2D eigenvalue weighted by atomic mass is 32.1. The van der Waals surface area contributed by atoms with Gasteiger partial charge in [-0.15, -0.1) is 11.3 Å². The fourth-order valence-corrected chi connectivity index (χ4v) is 3.72. The highest BCUT2D eigenvalue weighted by molar-refractivity contribution is 7.09. The summed E-state index contributed by atoms with van der Waals surface area (Å²) in [6.45, 7) is 4.74. The fraction of sp³-hybridized carbons (Fsp3) is 0.333. The molecule has 3 heterocycles. The Balaban J connectivity index is 1.26. The van der Waals surface area contributed by atoms with E-state index in [-0.39, 0.29) is 6.03 Å². The quantitative estimate of drug-likeness (QED) is 0.756. The summed E-state index contributed by atoms with van der Waals surface area (Å²) in [4.78, 5) is 24.0. The Morgan fingerprint density at radius 3 is 2.92 bits per heavy atom. The molecule has 1 fully saturated rings. The molecule has 0 radical (unpaired) electrons. The van der Waals surface area contributed by atoms with Gasteiger partial charge in [-0.05, 0) is 23.1 Å². The molecule has 1 aliphatic heterocycles. The number of piperazine rings is 1. The van der Waals surface area contributed by atoms with Crippen molar-refractivity contribution in [2.24, 2.45) is 0 Å². The molecule has 1 aromatic carbocycles. The molecule has 0 unspecified atom stereocenters. The van der Waals surface area contributed by atoms with Crippen LogP contribution in [-0.2, 0) is 13.1 Å². The molecule has 7 heteroatoms. The monoisotopic (exact) mass is 355 g/mol. The van der Waals surface area contributed by atoms with Gasteiger partial charge in [-0.3, -0.25) is 4.90 Å². The second-order valence-electron chi connectivity index (χ2n) is 6.25. The van der Waals surface area contributed by atoms with E-state index in [1.807, 2.05) is 16.5 Å². The van der Waals surface area contributed by atoms with Gasteiger partial charge < -0.3 is 15.2 Å². The molecule has 0 spiro atoms. The molecule has 4 rings (SSSR count). The molecule has 3 aromatic rings. The normalized spacial score (nSPS) is 15.6. The van der Waals surface area contributed by atoms with Gasteiger partial charge in [-0.25, -0.2) is 9.78 Å². The zero-order valence-electron chi connectivity index (χ0n) is 13.9. The van der Waals surface area contributed by atoms with Gasteiger partial charge in [0.2, 0.25) is 0 Å². The lowest BCUT2D eigenvalue weighted by molar-refractivity contribution is 0.135. The first-order valence-corrected chi connectivity index (χ1v) is 9.35. The Labute approximate surface area is 150 Å². The minimum Gasteiger partial charge on any atom is -0.361 e. The average molecular weight is 355 g/mol. The van der Waals surface area contributed by atoms with Gasteiger partial charge in [-0.1, -0.05) is 12.1 Å². The Morgan fingerprint density at radius 2 is 2.12 bits per heavy atom. The van der Waals surface area contributed by atoms with Crippen molar-refractivity contribution < 1.29 is 4.79 Å². The van der Waals surface area contributed by atoms with Crippen LogP contribution in [0.5, 0.6) is 0 Å². The standard InChI is InChI=1S/C18H21N5OS/c24-18(21-12-17-20-5-10-25-17)23-8-6-22(7-9-23)13-14-1-2-15-3-4-19-16(15)11-14/h1-5,10-11,19H,6-9,12-13H2,(H,21,24). The first-order chi connectivity index (χ1) is 12.3. The van der Waals surface area contributed by atoms with Crippen LogP contribution in [0.15, 0.2) is 42.0 Å². The van der Waals surface area contributed by atoms with Gasteiger partial charge in [0.15, 0.2) is 0 Å². The van der Waals surface area contributed by atoms with E-state index in [0.717, 1.165) is 37.7 Å². The minimum atomic E-state index is 0.00246. The lowest BCUT2D eigenvalue weighted by Gasteiger charge is -2.34. The maximum Gasteiger partial charge on any atom is 0.317 e. The lowest BCUT2D eigenvalue weighted by atomic mass is 10.1. The molecule has 2 aromatic heterocycles. The van der Waals surface area contributed by atoms with E-state index in [1.54, 1.807) is 17.5 Å². The van der Waals surface area contributed by atoms with Crippen LogP contribution in [0.25, 0.3) is 10.9 Å². The first-order valence-electron chi connectivity index (χ1n) is 8.47. The number of benzene rings is 1. The van der Waals surface area contributed by atoms with Crippen molar-refractivity contribution in [1.82, 2.24) is 25.1 Å². The summed E-state index contributed by atoms with van der Waals surface area (Å²) in [6, 6.07) is 8.64. The maximum atomic E-state index is 12.2. The van der Waals surface area contributed by atoms with Crippen LogP contribution in [0.1, 0.15) is 10.6 Å². The number of carbonyl (C=O) groups is 1. The SMILES string of the molecule is O=C(NCc1nccs1)N1CCN(Cc2ccc3cc[nH]c3c2)CC1. The third-order valence-corrected chi connectivity index (χ3v) is 5.34. The number of fused-ring (bicyclic) bond motifs is 1. The van der Waals surface area contributed by atoms with E-state index in [1.165, 1.54) is 16.5 Å². The molecule has 1 saturated heterocycles. The zero-order valence-corrected chi connectivity index (χ0v) is 14.8. The average Bonchev–Trinajstić information content (AvgIpc) is 3.31. The van der Waals surface area contributed by atoms with E-state index in [0.29, 0.717) is 6.54 Å². The topological polar surface area (TPSA) is 64.3 Å². The molecular formula is C18H21N5OS. The van der Waals surface area contributed by atoms with Crippen LogP contribution in [-0.4, -0.2) is 52.0 Å². The number of nitrogens with one attached hydrogen (secondary N) is 2. The molecular weight excluding hydrogens is 334 g/mol. The van der Waals surface area contributed by atoms with Crippen molar-refractivity contribution in [2.45, 2.75) is 13.1 Å². The third-order valence-electron chi connectivity index (χ3n) is 4.56. The highest BCUT2D eigenvalue weighted by Crippen LogP contribution is 2.16. The second-order valence-corrected chi connectivity index (χ2v) is 7.23. The van der Waals surface area contributed by atoms with Crippen molar-refractivity contribution in [2.75, 3.05) is 26.2 Å². The van der Waals surface area contributed by atoms with E-state index >= 15 is 0 Å². The number of nitrogens with zero attached hydrogens (tertiary/aromatic N) is 3. The largest absolute Gasteiger partial charge is 0.361 e. The number of hydrogen-bond acceptors (Lipinski definition) is 4. The molecule has 2 N–H and O–H groups in total. The number of urea groups is 1. The summed E-state index contributed by atoms with van der Waals surface area (Å²) in [7, 11) is 0. The van der Waals surface area contributed by atoms with Crippen molar-refractivity contribution in [3.8, 4) is 0 Å². The number of hydrogen-bond donors (Lipinski definition) is 2. The minimum absolute atomic E-state index is 0.00246. The molecule has 0 saturated carbocycles. The van der Waals surface area contributed by atoms with Gasteiger partial charge >= 0.3 is 6.03 Å². The highest BCUT2D eigenvalue weighted by Gasteiger charge is 2.21. The maximum absolute atomic E-state index is 12.2. The van der Waals surface area contributed by atoms with Crippen molar-refractivity contribution in [1.29, 1.82) is 0 Å². The second kappa shape index (κ2) is 7.25. The molecule has 130 valence electrons. The van der Waals surface area contributed by atoms with Gasteiger partial charge in [0.1, 0.15) is 5.01 Å². The van der Waals surface area contributed by atoms with E-state index in [2.05, 4.69) is 44.5 Å². The molecule has 0 bridgehead atoms. The van der Waals surface area contributed by atoms with E-state index < -0.39 is 0 Å². The molecule has 6 nitrogen and oxygen atoms in total. The number of rotatable bonds is 4. The van der Waals surface area contributed by atoms with Crippen LogP contribution in [0.3, 0.4) is 0 Å². The van der Waals surface area contributed by atoms with Gasteiger partial charge in [-0.2, -0.15) is 0 Å². The van der Waals surface area contributed by atoms with E-state index in [4.69, 9.17) is 0 Å². The summed E-state index contributed by atoms with van der Waals surface area (Å²) in [5.74, 6) is 0. The predicted octanol–water partition coefficient (Wildman–Crippen LogP) is 2.65. The lowest BCUT2D eigenvalue weighted by Crippen LogP contribution is -2.51. The third kappa shape index (κ3) is 3.83. The Bertz CT molecular complexity index is 836. The summed E-state index contributed by atoms with van der Waals surface area (Å²) < 4.78 is 0. The summed E-state index contributed by atoms with van der Waals surface area (Å²) >= 11 is 1.56. The van der Waals surface area contributed by atoms with Crippen LogP contribution in [0, 0.1) is 0 Å². The molecule has 2 amide bonds. The number of thiazole rings is 1. The van der Waals surface area contributed by atoms with Crippen LogP contribution in [0.2, 0.25) is 0 Å². The predicted molar refractivity (Wildman–Crippen MR) is 99.5 cm³/mol. The number of aromatic nitrogens is 2. The van der Waals surface area contributed by atoms with Gasteiger partial charge in [0, 0.05) is 56.0 Å². The fourth-order valence-electron chi connectivity index (χ4n) is 3.16. The van der Waals surface area contributed by atoms with Crippen LogP contribution < -0.4 is 5.32 Å². The van der Waals surface area contributed by atoms with Crippen molar-refractivity contribution >= 4 is 28.3 Å². The Hall–Kier alpha value is -2.38. The van der Waals surface area contributed by atoms with Crippen molar-refractivity contribution in [3.63, 3.8) is 0 Å². The first kappa shape index (κ1) is 16.1. The molecule has 25 heavy (non-hydrogen) atoms. The number of carbonyl (C=O) groups excluding carboxylic acids is 1. The van der Waals surface area contributed by atoms with Crippen molar-refractivity contribution in [3.05, 3.63) is 52.6 Å². The molecule has 0 aliphatic carbocycles. The Kier molecular flexibility index (Phi) is 4.67. The number of aromatic amines is 1. The number of amides is 2.